The van der Waals surface area contributed by atoms with Crippen LogP contribution >= 0.6 is 11.3 Å². The summed E-state index contributed by atoms with van der Waals surface area (Å²) in [6.45, 7) is 2.14. The van der Waals surface area contributed by atoms with Gasteiger partial charge in [0, 0.05) is 11.6 Å². The van der Waals surface area contributed by atoms with Crippen molar-refractivity contribution in [3.05, 3.63) is 16.6 Å². The lowest BCUT2D eigenvalue weighted by atomic mass is 10.6. The maximum atomic E-state index is 11.2. The zero-order chi connectivity index (χ0) is 9.73. The molecule has 1 aromatic heterocycles. The van der Waals surface area contributed by atoms with E-state index in [9.17, 15) is 8.42 Å². The first kappa shape index (κ1) is 10.6. The fourth-order valence-electron chi connectivity index (χ4n) is 0.853. The van der Waals surface area contributed by atoms with Crippen molar-refractivity contribution in [2.45, 2.75) is 19.9 Å². The van der Waals surface area contributed by atoms with Crippen LogP contribution < -0.4 is 4.72 Å². The zero-order valence-corrected chi connectivity index (χ0v) is 8.99. The van der Waals surface area contributed by atoms with Crippen LogP contribution in [0.15, 0.2) is 11.6 Å². The molecule has 1 heterocycles. The van der Waals surface area contributed by atoms with Crippen LogP contribution in [0.25, 0.3) is 0 Å². The van der Waals surface area contributed by atoms with E-state index in [4.69, 9.17) is 0 Å². The minimum absolute atomic E-state index is 0.179. The van der Waals surface area contributed by atoms with Crippen LogP contribution in [-0.2, 0) is 16.6 Å². The van der Waals surface area contributed by atoms with Crippen molar-refractivity contribution in [2.24, 2.45) is 0 Å². The van der Waals surface area contributed by atoms with E-state index in [-0.39, 0.29) is 5.75 Å². The highest BCUT2D eigenvalue weighted by molar-refractivity contribution is 7.89. The quantitative estimate of drug-likeness (QED) is 0.804. The first-order valence-corrected chi connectivity index (χ1v) is 6.53. The zero-order valence-electron chi connectivity index (χ0n) is 7.36. The summed E-state index contributed by atoms with van der Waals surface area (Å²) in [5, 5.41) is 2.61. The van der Waals surface area contributed by atoms with Gasteiger partial charge in [-0.05, 0) is 6.42 Å². The maximum Gasteiger partial charge on any atom is 0.211 e. The molecule has 4 nitrogen and oxygen atoms in total. The number of hydrogen-bond donors (Lipinski definition) is 1. The summed E-state index contributed by atoms with van der Waals surface area (Å²) in [4.78, 5) is 3.97. The molecule has 0 aromatic carbocycles. The number of thiazole rings is 1. The Morgan fingerprint density at radius 1 is 1.62 bits per heavy atom. The fourth-order valence-corrected chi connectivity index (χ4v) is 2.54. The van der Waals surface area contributed by atoms with E-state index >= 15 is 0 Å². The third-order valence-corrected chi connectivity index (χ3v) is 3.71. The molecule has 74 valence electrons. The normalized spacial score (nSPS) is 11.8. The predicted molar refractivity (Wildman–Crippen MR) is 53.0 cm³/mol. The van der Waals surface area contributed by atoms with Gasteiger partial charge in [-0.2, -0.15) is 0 Å². The molecule has 0 atom stereocenters. The van der Waals surface area contributed by atoms with Crippen LogP contribution in [0.4, 0.5) is 0 Å². The van der Waals surface area contributed by atoms with E-state index in [0.717, 1.165) is 5.01 Å². The summed E-state index contributed by atoms with van der Waals surface area (Å²) in [7, 11) is -3.09. The van der Waals surface area contributed by atoms with Gasteiger partial charge in [0.2, 0.25) is 10.0 Å². The molecule has 0 fully saturated rings. The standard InChI is InChI=1S/C7H12N2O2S2/c1-2-5-13(10,11)9-6-7-8-3-4-12-7/h3-4,9H,2,5-6H2,1H3. The van der Waals surface area contributed by atoms with E-state index in [1.807, 2.05) is 12.3 Å². The Kier molecular flexibility index (Phi) is 3.83. The summed E-state index contributed by atoms with van der Waals surface area (Å²) in [6, 6.07) is 0. The number of nitrogens with zero attached hydrogens (tertiary/aromatic N) is 1. The molecule has 1 N–H and O–H groups in total. The lowest BCUT2D eigenvalue weighted by Gasteiger charge is -2.02. The molecule has 0 saturated heterocycles. The molecule has 1 aromatic rings. The van der Waals surface area contributed by atoms with Gasteiger partial charge in [0.25, 0.3) is 0 Å². The Hall–Kier alpha value is -0.460. The van der Waals surface area contributed by atoms with Crippen molar-refractivity contribution in [1.29, 1.82) is 0 Å². The number of hydrogen-bond acceptors (Lipinski definition) is 4. The highest BCUT2D eigenvalue weighted by Crippen LogP contribution is 2.03. The average Bonchev–Trinajstić information content (AvgIpc) is 2.52. The Morgan fingerprint density at radius 3 is 2.92 bits per heavy atom. The maximum absolute atomic E-state index is 11.2. The van der Waals surface area contributed by atoms with E-state index in [2.05, 4.69) is 9.71 Å². The van der Waals surface area contributed by atoms with E-state index in [0.29, 0.717) is 13.0 Å². The van der Waals surface area contributed by atoms with Crippen LogP contribution in [-0.4, -0.2) is 19.2 Å². The molecule has 0 aliphatic heterocycles. The van der Waals surface area contributed by atoms with Crippen molar-refractivity contribution in [3.63, 3.8) is 0 Å². The second-order valence-electron chi connectivity index (χ2n) is 2.57. The number of aromatic nitrogens is 1. The molecule has 0 bridgehead atoms. The first-order valence-electron chi connectivity index (χ1n) is 4.00. The summed E-state index contributed by atoms with van der Waals surface area (Å²) < 4.78 is 24.9. The fraction of sp³-hybridized carbons (Fsp3) is 0.571. The van der Waals surface area contributed by atoms with Gasteiger partial charge in [-0.15, -0.1) is 11.3 Å². The van der Waals surface area contributed by atoms with Crippen molar-refractivity contribution < 1.29 is 8.42 Å². The van der Waals surface area contributed by atoms with E-state index in [1.165, 1.54) is 11.3 Å². The van der Waals surface area contributed by atoms with Gasteiger partial charge in [0.1, 0.15) is 5.01 Å². The molecule has 0 unspecified atom stereocenters. The third-order valence-electron chi connectivity index (χ3n) is 1.40. The van der Waals surface area contributed by atoms with Crippen LogP contribution in [0, 0.1) is 0 Å². The molecule has 0 amide bonds. The topological polar surface area (TPSA) is 59.1 Å². The van der Waals surface area contributed by atoms with Gasteiger partial charge in [-0.25, -0.2) is 18.1 Å². The van der Waals surface area contributed by atoms with Gasteiger partial charge < -0.3 is 0 Å². The molecule has 0 saturated carbocycles. The molecule has 0 aliphatic rings. The highest BCUT2D eigenvalue weighted by Gasteiger charge is 2.08. The van der Waals surface area contributed by atoms with Gasteiger partial charge >= 0.3 is 0 Å². The molecule has 0 spiro atoms. The number of sulfonamides is 1. The molecule has 6 heteroatoms. The number of rotatable bonds is 5. The molecular formula is C7H12N2O2S2. The number of nitrogens with one attached hydrogen (secondary N) is 1. The summed E-state index contributed by atoms with van der Waals surface area (Å²) in [5.74, 6) is 0.179. The second kappa shape index (κ2) is 4.69. The second-order valence-corrected chi connectivity index (χ2v) is 5.47. The Balaban J connectivity index is 2.43. The SMILES string of the molecule is CCCS(=O)(=O)NCc1nccs1. The molecular weight excluding hydrogens is 208 g/mol. The van der Waals surface area contributed by atoms with E-state index in [1.54, 1.807) is 6.20 Å². The summed E-state index contributed by atoms with van der Waals surface area (Å²) in [6.07, 6.45) is 2.29. The van der Waals surface area contributed by atoms with Gasteiger partial charge in [-0.1, -0.05) is 6.92 Å². The van der Waals surface area contributed by atoms with Crippen LogP contribution in [0.2, 0.25) is 0 Å². The minimum atomic E-state index is -3.09. The molecule has 0 aliphatic carbocycles. The smallest absolute Gasteiger partial charge is 0.211 e. The van der Waals surface area contributed by atoms with Crippen LogP contribution in [0.3, 0.4) is 0 Å². The Bertz CT molecular complexity index is 331. The van der Waals surface area contributed by atoms with Gasteiger partial charge in [0.15, 0.2) is 0 Å². The highest BCUT2D eigenvalue weighted by atomic mass is 32.2. The van der Waals surface area contributed by atoms with Gasteiger partial charge in [-0.3, -0.25) is 0 Å². The summed E-state index contributed by atoms with van der Waals surface area (Å²) in [5.41, 5.74) is 0. The monoisotopic (exact) mass is 220 g/mol. The minimum Gasteiger partial charge on any atom is -0.248 e. The lowest BCUT2D eigenvalue weighted by Crippen LogP contribution is -2.25. The summed E-state index contributed by atoms with van der Waals surface area (Å²) >= 11 is 1.44. The van der Waals surface area contributed by atoms with Crippen molar-refractivity contribution in [3.8, 4) is 0 Å². The van der Waals surface area contributed by atoms with Crippen molar-refractivity contribution in [2.75, 3.05) is 5.75 Å². The predicted octanol–water partition coefficient (Wildman–Crippen LogP) is 0.972. The average molecular weight is 220 g/mol. The van der Waals surface area contributed by atoms with Crippen molar-refractivity contribution >= 4 is 21.4 Å². The molecule has 13 heavy (non-hydrogen) atoms. The lowest BCUT2D eigenvalue weighted by molar-refractivity contribution is 0.580. The molecule has 1 rings (SSSR count). The molecule has 0 radical (unpaired) electrons. The van der Waals surface area contributed by atoms with Crippen LogP contribution in [0.1, 0.15) is 18.4 Å². The Labute approximate surface area is 82.1 Å². The van der Waals surface area contributed by atoms with Gasteiger partial charge in [0.05, 0.1) is 12.3 Å². The van der Waals surface area contributed by atoms with Crippen molar-refractivity contribution in [1.82, 2.24) is 9.71 Å². The van der Waals surface area contributed by atoms with Crippen LogP contribution in [0.5, 0.6) is 0 Å². The first-order chi connectivity index (χ1) is 6.14. The third kappa shape index (κ3) is 3.84. The Morgan fingerprint density at radius 2 is 2.38 bits per heavy atom. The van der Waals surface area contributed by atoms with E-state index < -0.39 is 10.0 Å². The largest absolute Gasteiger partial charge is 0.248 e.